The van der Waals surface area contributed by atoms with Crippen LogP contribution in [-0.2, 0) is 19.1 Å². The largest absolute Gasteiger partial charge is 0.473 e. The molecule has 2 rings (SSSR count). The Hall–Kier alpha value is -1.87. The number of carbonyl (C=O) groups excluding carboxylic acids is 1. The van der Waals surface area contributed by atoms with E-state index in [-0.39, 0.29) is 18.3 Å². The van der Waals surface area contributed by atoms with Gasteiger partial charge in [-0.05, 0) is 27.2 Å². The highest BCUT2D eigenvalue weighted by molar-refractivity contribution is 6.27. The van der Waals surface area contributed by atoms with Gasteiger partial charge in [0.05, 0.1) is 18.8 Å². The standard InChI is InChI=1S/C12H22N2O3.C2H2O4/c1-12(2,3)17-11(15)14-6-8-4-9(5-13)16-10(8)7-14;3-1(4)2(5)6/h8-10H,4-7,13H2,1-3H3;(H,3,4)(H,5,6)/t8-,9?,10+;/m1./s1. The number of aliphatic carboxylic acids is 2. The van der Waals surface area contributed by atoms with Gasteiger partial charge in [0.15, 0.2) is 0 Å². The second-order valence-corrected chi connectivity index (χ2v) is 6.52. The molecular weight excluding hydrogens is 308 g/mol. The monoisotopic (exact) mass is 332 g/mol. The number of hydrogen-bond acceptors (Lipinski definition) is 6. The van der Waals surface area contributed by atoms with Gasteiger partial charge in [0.2, 0.25) is 0 Å². The highest BCUT2D eigenvalue weighted by Crippen LogP contribution is 2.33. The van der Waals surface area contributed by atoms with Crippen LogP contribution < -0.4 is 5.73 Å². The molecule has 9 nitrogen and oxygen atoms in total. The van der Waals surface area contributed by atoms with Crippen LogP contribution in [0.3, 0.4) is 0 Å². The van der Waals surface area contributed by atoms with Crippen molar-refractivity contribution in [3.8, 4) is 0 Å². The van der Waals surface area contributed by atoms with Crippen molar-refractivity contribution in [1.82, 2.24) is 4.90 Å². The quantitative estimate of drug-likeness (QED) is 0.575. The van der Waals surface area contributed by atoms with Crippen LogP contribution >= 0.6 is 0 Å². The molecule has 0 saturated carbocycles. The first-order valence-corrected chi connectivity index (χ1v) is 7.33. The molecule has 0 aromatic rings. The van der Waals surface area contributed by atoms with E-state index in [2.05, 4.69) is 0 Å². The number of nitrogens with two attached hydrogens (primary N) is 1. The molecule has 1 amide bonds. The van der Waals surface area contributed by atoms with Crippen LogP contribution in [0.15, 0.2) is 0 Å². The molecule has 4 N–H and O–H groups in total. The average molecular weight is 332 g/mol. The van der Waals surface area contributed by atoms with Gasteiger partial charge < -0.3 is 30.3 Å². The van der Waals surface area contributed by atoms with E-state index in [0.717, 1.165) is 13.0 Å². The highest BCUT2D eigenvalue weighted by Gasteiger charge is 2.43. The van der Waals surface area contributed by atoms with Crippen LogP contribution in [0, 0.1) is 5.92 Å². The summed E-state index contributed by atoms with van der Waals surface area (Å²) in [5, 5.41) is 14.8. The lowest BCUT2D eigenvalue weighted by Crippen LogP contribution is -2.37. The van der Waals surface area contributed by atoms with Crippen LogP contribution in [-0.4, -0.2) is 70.6 Å². The van der Waals surface area contributed by atoms with Gasteiger partial charge in [-0.1, -0.05) is 0 Å². The van der Waals surface area contributed by atoms with Crippen molar-refractivity contribution < 1.29 is 34.1 Å². The lowest BCUT2D eigenvalue weighted by molar-refractivity contribution is -0.159. The van der Waals surface area contributed by atoms with Gasteiger partial charge in [-0.3, -0.25) is 0 Å². The molecule has 0 spiro atoms. The summed E-state index contributed by atoms with van der Waals surface area (Å²) < 4.78 is 11.1. The van der Waals surface area contributed by atoms with Gasteiger partial charge in [0.1, 0.15) is 5.60 Å². The molecule has 2 aliphatic rings. The Kier molecular flexibility index (Phi) is 6.34. The van der Waals surface area contributed by atoms with Gasteiger partial charge in [0.25, 0.3) is 0 Å². The molecule has 2 aliphatic heterocycles. The van der Waals surface area contributed by atoms with Crippen molar-refractivity contribution in [1.29, 1.82) is 0 Å². The van der Waals surface area contributed by atoms with Crippen LogP contribution in [0.25, 0.3) is 0 Å². The first-order valence-electron chi connectivity index (χ1n) is 7.33. The molecule has 2 fully saturated rings. The Morgan fingerprint density at radius 3 is 2.17 bits per heavy atom. The Morgan fingerprint density at radius 1 is 1.22 bits per heavy atom. The molecule has 0 radical (unpaired) electrons. The fraction of sp³-hybridized carbons (Fsp3) is 0.786. The fourth-order valence-electron chi connectivity index (χ4n) is 2.49. The van der Waals surface area contributed by atoms with Crippen molar-refractivity contribution in [3.63, 3.8) is 0 Å². The Bertz CT molecular complexity index is 435. The van der Waals surface area contributed by atoms with E-state index in [9.17, 15) is 4.79 Å². The molecule has 1 unspecified atom stereocenters. The van der Waals surface area contributed by atoms with E-state index < -0.39 is 17.5 Å². The predicted molar refractivity (Wildman–Crippen MR) is 78.9 cm³/mol. The highest BCUT2D eigenvalue weighted by atomic mass is 16.6. The van der Waals surface area contributed by atoms with E-state index in [1.165, 1.54) is 0 Å². The van der Waals surface area contributed by atoms with Gasteiger partial charge in [-0.25, -0.2) is 14.4 Å². The van der Waals surface area contributed by atoms with E-state index in [1.807, 2.05) is 20.8 Å². The molecule has 23 heavy (non-hydrogen) atoms. The molecule has 2 saturated heterocycles. The maximum atomic E-state index is 11.9. The maximum absolute atomic E-state index is 11.9. The predicted octanol–water partition coefficient (Wildman–Crippen LogP) is 0.125. The van der Waals surface area contributed by atoms with Crippen molar-refractivity contribution in [2.24, 2.45) is 11.7 Å². The van der Waals surface area contributed by atoms with E-state index >= 15 is 0 Å². The summed E-state index contributed by atoms with van der Waals surface area (Å²) in [5.41, 5.74) is 5.15. The summed E-state index contributed by atoms with van der Waals surface area (Å²) in [7, 11) is 0. The minimum absolute atomic E-state index is 0.149. The summed E-state index contributed by atoms with van der Waals surface area (Å²) in [6, 6.07) is 0. The SMILES string of the molecule is CC(C)(C)OC(=O)N1C[C@H]2CC(CN)O[C@H]2C1.O=C(O)C(=O)O. The lowest BCUT2D eigenvalue weighted by atomic mass is 10.0. The number of ether oxygens (including phenoxy) is 2. The molecule has 0 aromatic heterocycles. The smallest absolute Gasteiger partial charge is 0.414 e. The summed E-state index contributed by atoms with van der Waals surface area (Å²) in [6.45, 7) is 7.57. The lowest BCUT2D eigenvalue weighted by Gasteiger charge is -2.25. The summed E-state index contributed by atoms with van der Waals surface area (Å²) in [5.74, 6) is -3.22. The second kappa shape index (κ2) is 7.60. The first kappa shape index (κ1) is 19.2. The van der Waals surface area contributed by atoms with Gasteiger partial charge in [-0.2, -0.15) is 0 Å². The topological polar surface area (TPSA) is 139 Å². The minimum Gasteiger partial charge on any atom is -0.473 e. The van der Waals surface area contributed by atoms with Crippen LogP contribution in [0.5, 0.6) is 0 Å². The molecule has 0 aliphatic carbocycles. The fourth-order valence-corrected chi connectivity index (χ4v) is 2.49. The van der Waals surface area contributed by atoms with Crippen molar-refractivity contribution in [2.75, 3.05) is 19.6 Å². The average Bonchev–Trinajstić information content (AvgIpc) is 2.94. The molecular formula is C14H24N2O7. The number of carboxylic acid groups (broad SMARTS) is 2. The number of carboxylic acids is 2. The number of nitrogens with zero attached hydrogens (tertiary/aromatic N) is 1. The van der Waals surface area contributed by atoms with Crippen LogP contribution in [0.1, 0.15) is 27.2 Å². The normalized spacial score (nSPS) is 26.1. The zero-order valence-corrected chi connectivity index (χ0v) is 13.5. The van der Waals surface area contributed by atoms with Gasteiger partial charge >= 0.3 is 18.0 Å². The Labute approximate surface area is 134 Å². The van der Waals surface area contributed by atoms with Crippen molar-refractivity contribution in [2.45, 2.75) is 45.0 Å². The molecule has 132 valence electrons. The number of rotatable bonds is 1. The second-order valence-electron chi connectivity index (χ2n) is 6.52. The third-order valence-corrected chi connectivity index (χ3v) is 3.41. The summed E-state index contributed by atoms with van der Waals surface area (Å²) >= 11 is 0. The number of likely N-dealkylation sites (tertiary alicyclic amines) is 1. The van der Waals surface area contributed by atoms with Crippen LogP contribution in [0.4, 0.5) is 4.79 Å². The summed E-state index contributed by atoms with van der Waals surface area (Å²) in [4.78, 5) is 31.8. The van der Waals surface area contributed by atoms with Gasteiger partial charge in [-0.15, -0.1) is 0 Å². The minimum atomic E-state index is -1.82. The van der Waals surface area contributed by atoms with Crippen molar-refractivity contribution in [3.05, 3.63) is 0 Å². The number of carbonyl (C=O) groups is 3. The summed E-state index contributed by atoms with van der Waals surface area (Å²) in [6.07, 6.45) is 1.04. The third-order valence-electron chi connectivity index (χ3n) is 3.41. The van der Waals surface area contributed by atoms with E-state index in [0.29, 0.717) is 19.0 Å². The van der Waals surface area contributed by atoms with E-state index in [1.54, 1.807) is 4.90 Å². The number of amides is 1. The Morgan fingerprint density at radius 2 is 1.78 bits per heavy atom. The third kappa shape index (κ3) is 6.03. The van der Waals surface area contributed by atoms with E-state index in [4.69, 9.17) is 35.0 Å². The Balaban J connectivity index is 0.000000379. The molecule has 9 heteroatoms. The number of hydrogen-bond donors (Lipinski definition) is 3. The molecule has 2 heterocycles. The zero-order valence-electron chi connectivity index (χ0n) is 13.5. The molecule has 0 aromatic carbocycles. The molecule has 0 bridgehead atoms. The maximum Gasteiger partial charge on any atom is 0.414 e. The molecule has 3 atom stereocenters. The first-order chi connectivity index (χ1) is 10.5. The number of fused-ring (bicyclic) bond motifs is 1. The van der Waals surface area contributed by atoms with Crippen molar-refractivity contribution >= 4 is 18.0 Å². The van der Waals surface area contributed by atoms with Gasteiger partial charge in [0, 0.05) is 19.0 Å². The zero-order chi connectivity index (χ0) is 17.8. The van der Waals surface area contributed by atoms with Crippen LogP contribution in [0.2, 0.25) is 0 Å².